The number of para-hydroxylation sites is 2. The van der Waals surface area contributed by atoms with Gasteiger partial charge in [0.15, 0.2) is 5.78 Å². The molecule has 2 N–H and O–H groups in total. The summed E-state index contributed by atoms with van der Waals surface area (Å²) in [5.74, 6) is 0.360. The lowest BCUT2D eigenvalue weighted by molar-refractivity contribution is -0.125. The van der Waals surface area contributed by atoms with Crippen LogP contribution in [0.2, 0.25) is 0 Å². The summed E-state index contributed by atoms with van der Waals surface area (Å²) in [5, 5.41) is 5.80. The van der Waals surface area contributed by atoms with Crippen LogP contribution in [0.15, 0.2) is 54.6 Å². The molecule has 0 bridgehead atoms. The summed E-state index contributed by atoms with van der Waals surface area (Å²) in [6, 6.07) is 16.5. The van der Waals surface area contributed by atoms with Crippen LogP contribution in [0.25, 0.3) is 0 Å². The van der Waals surface area contributed by atoms with Crippen molar-refractivity contribution in [3.63, 3.8) is 0 Å². The number of amides is 1. The Labute approximate surface area is 142 Å². The van der Waals surface area contributed by atoms with Gasteiger partial charge in [0.05, 0.1) is 25.4 Å². The molecule has 1 amide bonds. The van der Waals surface area contributed by atoms with Crippen LogP contribution in [-0.2, 0) is 16.0 Å². The minimum Gasteiger partial charge on any atom is -0.495 e. The Bertz CT molecular complexity index is 686. The van der Waals surface area contributed by atoms with E-state index in [1.165, 1.54) is 6.92 Å². The lowest BCUT2D eigenvalue weighted by Gasteiger charge is -2.17. The van der Waals surface area contributed by atoms with Gasteiger partial charge in [-0.2, -0.15) is 0 Å². The highest BCUT2D eigenvalue weighted by molar-refractivity contribution is 5.89. The molecular weight excluding hydrogens is 304 g/mol. The first kappa shape index (κ1) is 17.5. The van der Waals surface area contributed by atoms with Gasteiger partial charge < -0.3 is 15.4 Å². The Kier molecular flexibility index (Phi) is 6.37. The molecule has 1 atom stereocenters. The number of rotatable bonds is 8. The third-order valence-electron chi connectivity index (χ3n) is 3.65. The summed E-state index contributed by atoms with van der Waals surface area (Å²) >= 11 is 0. The van der Waals surface area contributed by atoms with Crippen molar-refractivity contribution in [3.8, 4) is 5.75 Å². The average Bonchev–Trinajstić information content (AvgIpc) is 2.60. The van der Waals surface area contributed by atoms with Crippen molar-refractivity contribution in [2.75, 3.05) is 19.0 Å². The second kappa shape index (κ2) is 8.72. The number of ether oxygens (including phenoxy) is 1. The van der Waals surface area contributed by atoms with E-state index in [1.807, 2.05) is 54.6 Å². The zero-order valence-electron chi connectivity index (χ0n) is 13.9. The highest BCUT2D eigenvalue weighted by Crippen LogP contribution is 2.22. The topological polar surface area (TPSA) is 67.4 Å². The predicted octanol–water partition coefficient (Wildman–Crippen LogP) is 2.42. The van der Waals surface area contributed by atoms with Crippen molar-refractivity contribution in [2.45, 2.75) is 19.4 Å². The van der Waals surface area contributed by atoms with Crippen LogP contribution in [0.3, 0.4) is 0 Å². The van der Waals surface area contributed by atoms with E-state index in [1.54, 1.807) is 7.11 Å². The molecule has 0 aliphatic heterocycles. The van der Waals surface area contributed by atoms with E-state index in [-0.39, 0.29) is 18.2 Å². The summed E-state index contributed by atoms with van der Waals surface area (Å²) in [4.78, 5) is 24.0. The molecule has 0 aliphatic rings. The largest absolute Gasteiger partial charge is 0.495 e. The number of benzene rings is 2. The van der Waals surface area contributed by atoms with Crippen LogP contribution in [0, 0.1) is 0 Å². The molecule has 0 fully saturated rings. The summed E-state index contributed by atoms with van der Waals surface area (Å²) < 4.78 is 5.23. The molecule has 2 aromatic carbocycles. The maximum absolute atomic E-state index is 12.2. The summed E-state index contributed by atoms with van der Waals surface area (Å²) in [6.45, 7) is 1.56. The van der Waals surface area contributed by atoms with Crippen LogP contribution in [0.5, 0.6) is 5.75 Å². The predicted molar refractivity (Wildman–Crippen MR) is 94.2 cm³/mol. The summed E-state index contributed by atoms with van der Waals surface area (Å²) in [5.41, 5.74) is 1.74. The first-order valence-electron chi connectivity index (χ1n) is 7.80. The number of carbonyl (C=O) groups is 2. The molecular formula is C19H22N2O3. The molecule has 5 nitrogen and oxygen atoms in total. The Hall–Kier alpha value is -2.82. The standard InChI is InChI=1S/C19H22N2O3/c1-14(22)17(12-15-8-4-3-5-9-15)21-19(23)13-20-16-10-6-7-11-18(16)24-2/h3-11,17,20H,12-13H2,1-2H3,(H,21,23)/t17-/m0/s1. The molecule has 0 aliphatic carbocycles. The Morgan fingerprint density at radius 1 is 1.04 bits per heavy atom. The SMILES string of the molecule is COc1ccccc1NCC(=O)N[C@@H](Cc1ccccc1)C(C)=O. The lowest BCUT2D eigenvalue weighted by Crippen LogP contribution is -2.43. The van der Waals surface area contributed by atoms with Crippen LogP contribution >= 0.6 is 0 Å². The van der Waals surface area contributed by atoms with Crippen LogP contribution < -0.4 is 15.4 Å². The molecule has 0 heterocycles. The van der Waals surface area contributed by atoms with Crippen LogP contribution in [-0.4, -0.2) is 31.4 Å². The fourth-order valence-electron chi connectivity index (χ4n) is 2.36. The van der Waals surface area contributed by atoms with Crippen molar-refractivity contribution < 1.29 is 14.3 Å². The van der Waals surface area contributed by atoms with Gasteiger partial charge in [-0.15, -0.1) is 0 Å². The first-order chi connectivity index (χ1) is 11.6. The van der Waals surface area contributed by atoms with E-state index in [9.17, 15) is 9.59 Å². The normalized spacial score (nSPS) is 11.4. The zero-order valence-corrected chi connectivity index (χ0v) is 13.9. The van der Waals surface area contributed by atoms with Gasteiger partial charge in [0.1, 0.15) is 5.75 Å². The van der Waals surface area contributed by atoms with E-state index < -0.39 is 6.04 Å². The molecule has 0 saturated heterocycles. The number of anilines is 1. The Balaban J connectivity index is 1.92. The van der Waals surface area contributed by atoms with E-state index in [2.05, 4.69) is 10.6 Å². The van der Waals surface area contributed by atoms with Crippen molar-refractivity contribution in [1.29, 1.82) is 0 Å². The third-order valence-corrected chi connectivity index (χ3v) is 3.65. The van der Waals surface area contributed by atoms with Gasteiger partial charge in [0, 0.05) is 0 Å². The van der Waals surface area contributed by atoms with E-state index in [0.29, 0.717) is 12.2 Å². The molecule has 5 heteroatoms. The monoisotopic (exact) mass is 326 g/mol. The number of carbonyl (C=O) groups excluding carboxylic acids is 2. The quantitative estimate of drug-likeness (QED) is 0.782. The van der Waals surface area contributed by atoms with Crippen LogP contribution in [0.4, 0.5) is 5.69 Å². The zero-order chi connectivity index (χ0) is 17.4. The van der Waals surface area contributed by atoms with Crippen LogP contribution in [0.1, 0.15) is 12.5 Å². The van der Waals surface area contributed by atoms with E-state index in [0.717, 1.165) is 11.3 Å². The fraction of sp³-hybridized carbons (Fsp3) is 0.263. The molecule has 126 valence electrons. The van der Waals surface area contributed by atoms with Crippen molar-refractivity contribution in [3.05, 3.63) is 60.2 Å². The van der Waals surface area contributed by atoms with Crippen molar-refractivity contribution in [1.82, 2.24) is 5.32 Å². The minimum absolute atomic E-state index is 0.0653. The molecule has 24 heavy (non-hydrogen) atoms. The molecule has 0 saturated carbocycles. The molecule has 0 radical (unpaired) electrons. The second-order valence-corrected chi connectivity index (χ2v) is 5.47. The summed E-state index contributed by atoms with van der Waals surface area (Å²) in [7, 11) is 1.58. The number of Topliss-reactive ketones (excluding diaryl/α,β-unsaturated/α-hetero) is 1. The van der Waals surface area contributed by atoms with Crippen molar-refractivity contribution in [2.24, 2.45) is 0 Å². The molecule has 0 spiro atoms. The van der Waals surface area contributed by atoms with Crippen molar-refractivity contribution >= 4 is 17.4 Å². The lowest BCUT2D eigenvalue weighted by atomic mass is 10.0. The highest BCUT2D eigenvalue weighted by Gasteiger charge is 2.17. The number of hydrogen-bond donors (Lipinski definition) is 2. The summed E-state index contributed by atoms with van der Waals surface area (Å²) in [6.07, 6.45) is 0.483. The van der Waals surface area contributed by atoms with Gasteiger partial charge in [-0.3, -0.25) is 9.59 Å². The Morgan fingerprint density at radius 2 is 1.71 bits per heavy atom. The van der Waals surface area contributed by atoms with E-state index >= 15 is 0 Å². The maximum Gasteiger partial charge on any atom is 0.239 e. The highest BCUT2D eigenvalue weighted by atomic mass is 16.5. The average molecular weight is 326 g/mol. The maximum atomic E-state index is 12.2. The van der Waals surface area contributed by atoms with Gasteiger partial charge in [-0.1, -0.05) is 42.5 Å². The molecule has 2 rings (SSSR count). The number of hydrogen-bond acceptors (Lipinski definition) is 4. The number of ketones is 1. The van der Waals surface area contributed by atoms with Gasteiger partial charge in [0.2, 0.25) is 5.91 Å². The molecule has 2 aromatic rings. The van der Waals surface area contributed by atoms with Gasteiger partial charge in [-0.25, -0.2) is 0 Å². The first-order valence-corrected chi connectivity index (χ1v) is 7.80. The molecule has 0 unspecified atom stereocenters. The van der Waals surface area contributed by atoms with Gasteiger partial charge in [-0.05, 0) is 31.0 Å². The second-order valence-electron chi connectivity index (χ2n) is 5.47. The smallest absolute Gasteiger partial charge is 0.239 e. The number of methoxy groups -OCH3 is 1. The van der Waals surface area contributed by atoms with Gasteiger partial charge in [0.25, 0.3) is 0 Å². The minimum atomic E-state index is -0.528. The number of nitrogens with one attached hydrogen (secondary N) is 2. The third kappa shape index (κ3) is 5.12. The van der Waals surface area contributed by atoms with Gasteiger partial charge >= 0.3 is 0 Å². The van der Waals surface area contributed by atoms with E-state index in [4.69, 9.17) is 4.74 Å². The Morgan fingerprint density at radius 3 is 2.38 bits per heavy atom. The molecule has 0 aromatic heterocycles. The fourth-order valence-corrected chi connectivity index (χ4v) is 2.36.